The average molecular weight is 317 g/mol. The van der Waals surface area contributed by atoms with E-state index in [2.05, 4.69) is 21.2 Å². The van der Waals surface area contributed by atoms with Crippen molar-refractivity contribution in [3.63, 3.8) is 0 Å². The fourth-order valence-corrected chi connectivity index (χ4v) is 3.31. The van der Waals surface area contributed by atoms with E-state index in [0.717, 1.165) is 50.3 Å². The van der Waals surface area contributed by atoms with Gasteiger partial charge >= 0.3 is 6.03 Å². The van der Waals surface area contributed by atoms with E-state index in [1.807, 2.05) is 0 Å². The van der Waals surface area contributed by atoms with E-state index in [9.17, 15) is 9.59 Å². The first-order valence-corrected chi connectivity index (χ1v) is 8.02. The molecule has 2 fully saturated rings. The summed E-state index contributed by atoms with van der Waals surface area (Å²) in [4.78, 5) is 25.7. The zero-order valence-corrected chi connectivity index (χ0v) is 12.3. The summed E-state index contributed by atoms with van der Waals surface area (Å²) >= 11 is 3.38. The Balaban J connectivity index is 1.92. The molecule has 1 aliphatic heterocycles. The van der Waals surface area contributed by atoms with Crippen molar-refractivity contribution in [3.05, 3.63) is 0 Å². The van der Waals surface area contributed by atoms with Gasteiger partial charge in [-0.3, -0.25) is 9.69 Å². The van der Waals surface area contributed by atoms with Crippen molar-refractivity contribution in [1.29, 1.82) is 0 Å². The SMILES string of the molecule is O=C1NC2(CCCCC2)C(=O)N1CCCCCBr. The molecule has 0 radical (unpaired) electrons. The van der Waals surface area contributed by atoms with Crippen LogP contribution in [0.25, 0.3) is 0 Å². The zero-order chi connectivity index (χ0) is 13.0. The summed E-state index contributed by atoms with van der Waals surface area (Å²) in [5, 5.41) is 3.92. The Labute approximate surface area is 117 Å². The number of imide groups is 1. The highest BCUT2D eigenvalue weighted by Gasteiger charge is 2.50. The van der Waals surface area contributed by atoms with Crippen molar-refractivity contribution in [2.45, 2.75) is 56.9 Å². The molecule has 0 aromatic rings. The van der Waals surface area contributed by atoms with Gasteiger partial charge in [0.1, 0.15) is 5.54 Å². The lowest BCUT2D eigenvalue weighted by Gasteiger charge is -2.30. The summed E-state index contributed by atoms with van der Waals surface area (Å²) in [6, 6.07) is -0.180. The standard InChI is InChI=1S/C13H21BrN2O2/c14-9-5-2-6-10-16-11(17)13(15-12(16)18)7-3-1-4-8-13/h1-10H2,(H,15,18). The third-order valence-electron chi connectivity index (χ3n) is 3.97. The molecule has 0 bridgehead atoms. The van der Waals surface area contributed by atoms with Crippen molar-refractivity contribution < 1.29 is 9.59 Å². The maximum absolute atomic E-state index is 12.4. The molecule has 4 nitrogen and oxygen atoms in total. The van der Waals surface area contributed by atoms with Crippen molar-refractivity contribution in [2.24, 2.45) is 0 Å². The van der Waals surface area contributed by atoms with Gasteiger partial charge in [0, 0.05) is 11.9 Å². The molecule has 1 saturated carbocycles. The first kappa shape index (κ1) is 13.8. The van der Waals surface area contributed by atoms with Gasteiger partial charge in [-0.1, -0.05) is 41.6 Å². The number of unbranched alkanes of at least 4 members (excludes halogenated alkanes) is 2. The Morgan fingerprint density at radius 2 is 1.83 bits per heavy atom. The van der Waals surface area contributed by atoms with Gasteiger partial charge in [0.2, 0.25) is 0 Å². The molecule has 2 rings (SSSR count). The van der Waals surface area contributed by atoms with Gasteiger partial charge in [-0.2, -0.15) is 0 Å². The van der Waals surface area contributed by atoms with Gasteiger partial charge in [-0.15, -0.1) is 0 Å². The number of rotatable bonds is 5. The lowest BCUT2D eigenvalue weighted by Crippen LogP contribution is -2.48. The Kier molecular flexibility index (Phi) is 4.65. The monoisotopic (exact) mass is 316 g/mol. The van der Waals surface area contributed by atoms with E-state index < -0.39 is 5.54 Å². The van der Waals surface area contributed by atoms with Crippen LogP contribution < -0.4 is 5.32 Å². The number of urea groups is 1. The molecule has 0 aromatic heterocycles. The summed E-state index contributed by atoms with van der Waals surface area (Å²) in [5.41, 5.74) is -0.551. The molecular formula is C13H21BrN2O2. The van der Waals surface area contributed by atoms with Crippen molar-refractivity contribution in [2.75, 3.05) is 11.9 Å². The maximum atomic E-state index is 12.4. The van der Waals surface area contributed by atoms with Crippen LogP contribution in [0.4, 0.5) is 4.79 Å². The number of nitrogens with zero attached hydrogens (tertiary/aromatic N) is 1. The van der Waals surface area contributed by atoms with E-state index >= 15 is 0 Å². The van der Waals surface area contributed by atoms with E-state index in [4.69, 9.17) is 0 Å². The first-order chi connectivity index (χ1) is 8.69. The number of carbonyl (C=O) groups excluding carboxylic acids is 2. The minimum Gasteiger partial charge on any atom is -0.323 e. The molecule has 0 unspecified atom stereocenters. The van der Waals surface area contributed by atoms with Gasteiger partial charge in [0.15, 0.2) is 0 Å². The van der Waals surface area contributed by atoms with Crippen molar-refractivity contribution in [3.8, 4) is 0 Å². The topological polar surface area (TPSA) is 49.4 Å². The Hall–Kier alpha value is -0.580. The maximum Gasteiger partial charge on any atom is 0.325 e. The molecule has 3 amide bonds. The van der Waals surface area contributed by atoms with Crippen LogP contribution in [0.15, 0.2) is 0 Å². The van der Waals surface area contributed by atoms with Gasteiger partial charge in [0.05, 0.1) is 0 Å². The summed E-state index contributed by atoms with van der Waals surface area (Å²) in [6.45, 7) is 0.569. The number of hydrogen-bond donors (Lipinski definition) is 1. The molecule has 0 atom stereocenters. The summed E-state index contributed by atoms with van der Waals surface area (Å²) in [7, 11) is 0. The highest BCUT2D eigenvalue weighted by atomic mass is 79.9. The highest BCUT2D eigenvalue weighted by Crippen LogP contribution is 2.33. The number of hydrogen-bond acceptors (Lipinski definition) is 2. The van der Waals surface area contributed by atoms with E-state index in [1.54, 1.807) is 0 Å². The van der Waals surface area contributed by atoms with Gasteiger partial charge in [0.25, 0.3) is 5.91 Å². The molecule has 1 spiro atoms. The smallest absolute Gasteiger partial charge is 0.323 e. The number of amides is 3. The molecule has 2 aliphatic rings. The second kappa shape index (κ2) is 6.04. The molecule has 1 heterocycles. The van der Waals surface area contributed by atoms with Crippen LogP contribution in [0.3, 0.4) is 0 Å². The number of nitrogens with one attached hydrogen (secondary N) is 1. The fourth-order valence-electron chi connectivity index (χ4n) is 2.91. The minimum atomic E-state index is -0.551. The van der Waals surface area contributed by atoms with Crippen LogP contribution in [-0.2, 0) is 4.79 Å². The number of halogens is 1. The third-order valence-corrected chi connectivity index (χ3v) is 4.53. The van der Waals surface area contributed by atoms with Gasteiger partial charge in [-0.05, 0) is 25.7 Å². The van der Waals surface area contributed by atoms with E-state index in [-0.39, 0.29) is 11.9 Å². The predicted octanol–water partition coefficient (Wildman–Crippen LogP) is 2.81. The van der Waals surface area contributed by atoms with E-state index in [1.165, 1.54) is 11.3 Å². The van der Waals surface area contributed by atoms with Crippen LogP contribution in [0.5, 0.6) is 0 Å². The van der Waals surface area contributed by atoms with Gasteiger partial charge in [-0.25, -0.2) is 4.79 Å². The van der Waals surface area contributed by atoms with Crippen LogP contribution in [-0.4, -0.2) is 34.3 Å². The quantitative estimate of drug-likeness (QED) is 0.481. The lowest BCUT2D eigenvalue weighted by molar-refractivity contribution is -0.132. The summed E-state index contributed by atoms with van der Waals surface area (Å²) in [6.07, 6.45) is 7.94. The van der Waals surface area contributed by atoms with Crippen molar-refractivity contribution >= 4 is 27.9 Å². The van der Waals surface area contributed by atoms with E-state index in [0.29, 0.717) is 6.54 Å². The molecule has 5 heteroatoms. The Morgan fingerprint density at radius 1 is 1.11 bits per heavy atom. The molecule has 0 aromatic carbocycles. The van der Waals surface area contributed by atoms with Crippen LogP contribution >= 0.6 is 15.9 Å². The van der Waals surface area contributed by atoms with Crippen LogP contribution in [0.1, 0.15) is 51.4 Å². The second-order valence-electron chi connectivity index (χ2n) is 5.28. The van der Waals surface area contributed by atoms with Crippen molar-refractivity contribution in [1.82, 2.24) is 10.2 Å². The third kappa shape index (κ3) is 2.71. The molecule has 1 aliphatic carbocycles. The van der Waals surface area contributed by atoms with Crippen LogP contribution in [0, 0.1) is 0 Å². The molecular weight excluding hydrogens is 296 g/mol. The largest absolute Gasteiger partial charge is 0.325 e. The second-order valence-corrected chi connectivity index (χ2v) is 6.07. The zero-order valence-electron chi connectivity index (χ0n) is 10.7. The first-order valence-electron chi connectivity index (χ1n) is 6.90. The number of carbonyl (C=O) groups is 2. The lowest BCUT2D eigenvalue weighted by atomic mass is 9.82. The minimum absolute atomic E-state index is 0.0195. The van der Waals surface area contributed by atoms with Gasteiger partial charge < -0.3 is 5.32 Å². The molecule has 102 valence electrons. The summed E-state index contributed by atoms with van der Waals surface area (Å²) in [5.74, 6) is 0.0195. The average Bonchev–Trinajstić information content (AvgIpc) is 2.59. The molecule has 1 N–H and O–H groups in total. The highest BCUT2D eigenvalue weighted by molar-refractivity contribution is 9.09. The number of alkyl halides is 1. The predicted molar refractivity (Wildman–Crippen MR) is 73.7 cm³/mol. The molecule has 1 saturated heterocycles. The fraction of sp³-hybridized carbons (Fsp3) is 0.846. The molecule has 18 heavy (non-hydrogen) atoms. The Bertz CT molecular complexity index is 327. The van der Waals surface area contributed by atoms with Crippen LogP contribution in [0.2, 0.25) is 0 Å². The Morgan fingerprint density at radius 3 is 2.50 bits per heavy atom. The normalized spacial score (nSPS) is 22.6. The summed E-state index contributed by atoms with van der Waals surface area (Å²) < 4.78 is 0.